The fourth-order valence-corrected chi connectivity index (χ4v) is 4.97. The lowest BCUT2D eigenvalue weighted by atomic mass is 10.4. The van der Waals surface area contributed by atoms with Crippen molar-refractivity contribution in [1.82, 2.24) is 0 Å². The first-order valence-electron chi connectivity index (χ1n) is 6.34. The van der Waals surface area contributed by atoms with Gasteiger partial charge in [0, 0.05) is 24.4 Å². The van der Waals surface area contributed by atoms with Crippen LogP contribution < -0.4 is 0 Å². The van der Waals surface area contributed by atoms with Gasteiger partial charge in [0.05, 0.1) is 0 Å². The highest BCUT2D eigenvalue weighted by molar-refractivity contribution is 6.61. The summed E-state index contributed by atoms with van der Waals surface area (Å²) < 4.78 is 18.0. The normalized spacial score (nSPS) is 12.8. The average molecular weight is 260 g/mol. The van der Waals surface area contributed by atoms with Crippen LogP contribution in [0, 0.1) is 0 Å². The minimum atomic E-state index is -2.65. The second-order valence-corrected chi connectivity index (χ2v) is 7.74. The Morgan fingerprint density at radius 2 is 1.18 bits per heavy atom. The van der Waals surface area contributed by atoms with E-state index in [1.807, 2.05) is 48.5 Å². The maximum absolute atomic E-state index is 6.00. The van der Waals surface area contributed by atoms with Crippen molar-refractivity contribution in [2.24, 2.45) is 0 Å². The van der Waals surface area contributed by atoms with Crippen molar-refractivity contribution in [2.45, 2.75) is 72.8 Å². The van der Waals surface area contributed by atoms with Gasteiger partial charge in [-0.25, -0.2) is 0 Å². The molecular weight excluding hydrogens is 232 g/mol. The molecule has 17 heavy (non-hydrogen) atoms. The Kier molecular flexibility index (Phi) is 7.24. The average Bonchev–Trinajstić information content (AvgIpc) is 1.95. The molecule has 0 aromatic rings. The van der Waals surface area contributed by atoms with Gasteiger partial charge < -0.3 is 13.3 Å². The molecule has 0 fully saturated rings. The predicted octanol–water partition coefficient (Wildman–Crippen LogP) is 3.78. The molecule has 0 saturated heterocycles. The van der Waals surface area contributed by atoms with E-state index in [0.29, 0.717) is 6.04 Å². The van der Waals surface area contributed by atoms with Crippen molar-refractivity contribution < 1.29 is 13.3 Å². The SMILES string of the molecule is C=C(C)C[Si](OC(C)C)(OC(C)C)OC(C)C. The van der Waals surface area contributed by atoms with Crippen LogP contribution in [-0.4, -0.2) is 27.1 Å². The third-order valence-electron chi connectivity index (χ3n) is 1.76. The Morgan fingerprint density at radius 1 is 0.882 bits per heavy atom. The van der Waals surface area contributed by atoms with Gasteiger partial charge in [0.25, 0.3) is 0 Å². The van der Waals surface area contributed by atoms with E-state index in [4.69, 9.17) is 13.3 Å². The van der Waals surface area contributed by atoms with E-state index in [0.717, 1.165) is 5.57 Å². The van der Waals surface area contributed by atoms with E-state index in [1.165, 1.54) is 0 Å². The zero-order valence-corrected chi connectivity index (χ0v) is 13.4. The number of rotatable bonds is 8. The van der Waals surface area contributed by atoms with Gasteiger partial charge in [-0.2, -0.15) is 0 Å². The van der Waals surface area contributed by atoms with Gasteiger partial charge in [0.15, 0.2) is 0 Å². The van der Waals surface area contributed by atoms with Crippen LogP contribution in [0.15, 0.2) is 12.2 Å². The first kappa shape index (κ1) is 16.8. The smallest absolute Gasteiger partial charge is 0.371 e. The third kappa shape index (κ3) is 7.71. The van der Waals surface area contributed by atoms with Crippen LogP contribution in [0.25, 0.3) is 0 Å². The summed E-state index contributed by atoms with van der Waals surface area (Å²) >= 11 is 0. The molecule has 3 nitrogen and oxygen atoms in total. The number of allylic oxidation sites excluding steroid dienone is 1. The summed E-state index contributed by atoms with van der Waals surface area (Å²) in [6.45, 7) is 18.0. The zero-order valence-electron chi connectivity index (χ0n) is 12.4. The van der Waals surface area contributed by atoms with Crippen LogP contribution in [0.5, 0.6) is 0 Å². The first-order chi connectivity index (χ1) is 7.67. The van der Waals surface area contributed by atoms with E-state index in [-0.39, 0.29) is 18.3 Å². The molecule has 0 saturated carbocycles. The Morgan fingerprint density at radius 3 is 1.35 bits per heavy atom. The minimum absolute atomic E-state index is 0.0958. The summed E-state index contributed by atoms with van der Waals surface area (Å²) in [6.07, 6.45) is 0.288. The van der Waals surface area contributed by atoms with Crippen molar-refractivity contribution in [3.05, 3.63) is 12.2 Å². The second-order valence-electron chi connectivity index (χ2n) is 5.32. The third-order valence-corrected chi connectivity index (χ3v) is 5.29. The summed E-state index contributed by atoms with van der Waals surface area (Å²) in [4.78, 5) is 0. The molecule has 0 aliphatic rings. The molecule has 0 bridgehead atoms. The quantitative estimate of drug-likeness (QED) is 0.491. The molecule has 0 N–H and O–H groups in total. The molecule has 0 aromatic heterocycles. The molecule has 0 heterocycles. The number of hydrogen-bond donors (Lipinski definition) is 0. The molecule has 0 aromatic carbocycles. The highest BCUT2D eigenvalue weighted by Crippen LogP contribution is 2.25. The molecule has 0 atom stereocenters. The van der Waals surface area contributed by atoms with Gasteiger partial charge in [-0.3, -0.25) is 0 Å². The summed E-state index contributed by atoms with van der Waals surface area (Å²) in [6, 6.07) is 0.682. The van der Waals surface area contributed by atoms with Crippen LogP contribution in [0.4, 0.5) is 0 Å². The molecule has 0 rings (SSSR count). The van der Waals surface area contributed by atoms with E-state index in [1.54, 1.807) is 0 Å². The fourth-order valence-electron chi connectivity index (χ4n) is 1.66. The lowest BCUT2D eigenvalue weighted by molar-refractivity contribution is 0.00508. The maximum Gasteiger partial charge on any atom is 0.505 e. The van der Waals surface area contributed by atoms with Gasteiger partial charge in [-0.15, -0.1) is 6.58 Å². The molecule has 4 heteroatoms. The highest BCUT2D eigenvalue weighted by Gasteiger charge is 2.44. The molecule has 0 aliphatic heterocycles. The van der Waals surface area contributed by atoms with Crippen LogP contribution in [-0.2, 0) is 13.3 Å². The Balaban J connectivity index is 4.96. The van der Waals surface area contributed by atoms with Crippen LogP contribution in [0.2, 0.25) is 6.04 Å². The maximum atomic E-state index is 6.00. The molecule has 0 spiro atoms. The number of hydrogen-bond acceptors (Lipinski definition) is 3. The molecule has 0 unspecified atom stereocenters. The fraction of sp³-hybridized carbons (Fsp3) is 0.846. The summed E-state index contributed by atoms with van der Waals surface area (Å²) in [7, 11) is -2.65. The standard InChI is InChI=1S/C13H28O3Si/c1-10(2)9-17(14-11(3)4,15-12(5)6)16-13(7)8/h11-13H,1,9H2,2-8H3. The molecule has 0 amide bonds. The van der Waals surface area contributed by atoms with Crippen molar-refractivity contribution in [3.63, 3.8) is 0 Å². The molecule has 0 aliphatic carbocycles. The van der Waals surface area contributed by atoms with Crippen molar-refractivity contribution in [2.75, 3.05) is 0 Å². The van der Waals surface area contributed by atoms with Crippen molar-refractivity contribution in [3.8, 4) is 0 Å². The Bertz CT molecular complexity index is 210. The second kappa shape index (κ2) is 7.31. The molecule has 102 valence electrons. The largest absolute Gasteiger partial charge is 0.505 e. The van der Waals surface area contributed by atoms with E-state index in [2.05, 4.69) is 6.58 Å². The van der Waals surface area contributed by atoms with Gasteiger partial charge >= 0.3 is 8.80 Å². The van der Waals surface area contributed by atoms with Crippen molar-refractivity contribution in [1.29, 1.82) is 0 Å². The predicted molar refractivity (Wildman–Crippen MR) is 74.0 cm³/mol. The van der Waals surface area contributed by atoms with Gasteiger partial charge in [-0.1, -0.05) is 5.57 Å². The zero-order chi connectivity index (χ0) is 13.6. The van der Waals surface area contributed by atoms with Crippen LogP contribution in [0.3, 0.4) is 0 Å². The lowest BCUT2D eigenvalue weighted by Gasteiger charge is -2.34. The topological polar surface area (TPSA) is 27.7 Å². The van der Waals surface area contributed by atoms with Gasteiger partial charge in [0.2, 0.25) is 0 Å². The minimum Gasteiger partial charge on any atom is -0.371 e. The summed E-state index contributed by atoms with van der Waals surface area (Å²) in [5, 5.41) is 0. The summed E-state index contributed by atoms with van der Waals surface area (Å²) in [5.74, 6) is 0. The van der Waals surface area contributed by atoms with Gasteiger partial charge in [-0.05, 0) is 48.5 Å². The Hall–Kier alpha value is -0.163. The lowest BCUT2D eigenvalue weighted by Crippen LogP contribution is -2.50. The van der Waals surface area contributed by atoms with E-state index < -0.39 is 8.80 Å². The molecule has 0 radical (unpaired) electrons. The van der Waals surface area contributed by atoms with E-state index in [9.17, 15) is 0 Å². The van der Waals surface area contributed by atoms with Crippen LogP contribution in [0.1, 0.15) is 48.5 Å². The molecular formula is C13H28O3Si. The first-order valence-corrected chi connectivity index (χ1v) is 8.28. The van der Waals surface area contributed by atoms with E-state index >= 15 is 0 Å². The van der Waals surface area contributed by atoms with Gasteiger partial charge in [0.1, 0.15) is 0 Å². The monoisotopic (exact) mass is 260 g/mol. The summed E-state index contributed by atoms with van der Waals surface area (Å²) in [5.41, 5.74) is 1.04. The van der Waals surface area contributed by atoms with Crippen molar-refractivity contribution >= 4 is 8.80 Å². The van der Waals surface area contributed by atoms with Crippen LogP contribution >= 0.6 is 0 Å². The Labute approximate surface area is 108 Å². The highest BCUT2D eigenvalue weighted by atomic mass is 28.4.